The van der Waals surface area contributed by atoms with Gasteiger partial charge in [-0.2, -0.15) is 0 Å². The van der Waals surface area contributed by atoms with Crippen molar-refractivity contribution in [3.8, 4) is 22.3 Å². The van der Waals surface area contributed by atoms with E-state index >= 15 is 0 Å². The van der Waals surface area contributed by atoms with Crippen LogP contribution in [0.25, 0.3) is 10.8 Å². The normalized spacial score (nSPS) is 15.1. The SMILES string of the molecule is COc1cccc(OC2CN(Cc3nc(-c4cccs4)oc3C)C2)c1. The number of likely N-dealkylation sites (tertiary alicyclic amines) is 1. The van der Waals surface area contributed by atoms with E-state index in [9.17, 15) is 0 Å². The number of aromatic nitrogens is 1. The largest absolute Gasteiger partial charge is 0.497 e. The first-order valence-electron chi connectivity index (χ1n) is 8.24. The Morgan fingerprint density at radius 1 is 1.24 bits per heavy atom. The van der Waals surface area contributed by atoms with Crippen LogP contribution in [0.2, 0.25) is 0 Å². The molecule has 6 heteroatoms. The van der Waals surface area contributed by atoms with Crippen LogP contribution < -0.4 is 9.47 Å². The smallest absolute Gasteiger partial charge is 0.236 e. The molecule has 3 aromatic rings. The molecule has 0 aliphatic carbocycles. The standard InChI is InChI=1S/C19H20N2O3S/c1-13-17(20-19(23-13)18-7-4-8-25-18)12-21-10-16(11-21)24-15-6-3-5-14(9-15)22-2/h3-9,16H,10-12H2,1-2H3. The van der Waals surface area contributed by atoms with Crippen LogP contribution in [0, 0.1) is 6.92 Å². The molecule has 0 N–H and O–H groups in total. The molecule has 1 aromatic carbocycles. The van der Waals surface area contributed by atoms with Crippen LogP contribution in [0.15, 0.2) is 46.2 Å². The molecule has 0 bridgehead atoms. The minimum Gasteiger partial charge on any atom is -0.497 e. The van der Waals surface area contributed by atoms with Gasteiger partial charge in [-0.25, -0.2) is 4.98 Å². The summed E-state index contributed by atoms with van der Waals surface area (Å²) in [6.45, 7) is 4.54. The van der Waals surface area contributed by atoms with Crippen LogP contribution in [-0.4, -0.2) is 36.2 Å². The van der Waals surface area contributed by atoms with Gasteiger partial charge in [0, 0.05) is 25.7 Å². The summed E-state index contributed by atoms with van der Waals surface area (Å²) < 4.78 is 17.0. The number of nitrogens with zero attached hydrogens (tertiary/aromatic N) is 2. The average Bonchev–Trinajstić information content (AvgIpc) is 3.23. The number of ether oxygens (including phenoxy) is 2. The monoisotopic (exact) mass is 356 g/mol. The van der Waals surface area contributed by atoms with Crippen LogP contribution in [0.1, 0.15) is 11.5 Å². The van der Waals surface area contributed by atoms with Gasteiger partial charge >= 0.3 is 0 Å². The Morgan fingerprint density at radius 2 is 2.08 bits per heavy atom. The van der Waals surface area contributed by atoms with Gasteiger partial charge in [0.05, 0.1) is 17.7 Å². The predicted molar refractivity (Wildman–Crippen MR) is 97.2 cm³/mol. The molecule has 4 rings (SSSR count). The summed E-state index contributed by atoms with van der Waals surface area (Å²) in [5.74, 6) is 3.27. The summed E-state index contributed by atoms with van der Waals surface area (Å²) in [7, 11) is 1.66. The number of hydrogen-bond acceptors (Lipinski definition) is 6. The second-order valence-corrected chi connectivity index (χ2v) is 7.06. The fourth-order valence-corrected chi connectivity index (χ4v) is 3.53. The van der Waals surface area contributed by atoms with Crippen molar-refractivity contribution in [2.45, 2.75) is 19.6 Å². The van der Waals surface area contributed by atoms with E-state index in [0.29, 0.717) is 5.89 Å². The molecule has 0 amide bonds. The molecule has 0 saturated carbocycles. The Kier molecular flexibility index (Phi) is 4.46. The predicted octanol–water partition coefficient (Wildman–Crippen LogP) is 3.98. The first kappa shape index (κ1) is 16.2. The van der Waals surface area contributed by atoms with Crippen LogP contribution in [0.5, 0.6) is 11.5 Å². The number of methoxy groups -OCH3 is 1. The number of rotatable bonds is 6. The summed E-state index contributed by atoms with van der Waals surface area (Å²) in [6, 6.07) is 11.8. The van der Waals surface area contributed by atoms with E-state index in [0.717, 1.165) is 47.5 Å². The second-order valence-electron chi connectivity index (χ2n) is 6.11. The molecule has 0 unspecified atom stereocenters. The van der Waals surface area contributed by atoms with Gasteiger partial charge in [-0.1, -0.05) is 12.1 Å². The van der Waals surface area contributed by atoms with E-state index in [1.165, 1.54) is 0 Å². The lowest BCUT2D eigenvalue weighted by molar-refractivity contribution is 0.0135. The summed E-state index contributed by atoms with van der Waals surface area (Å²) >= 11 is 1.64. The Balaban J connectivity index is 1.32. The molecule has 5 nitrogen and oxygen atoms in total. The van der Waals surface area contributed by atoms with Gasteiger partial charge in [-0.15, -0.1) is 11.3 Å². The lowest BCUT2D eigenvalue weighted by atomic mass is 10.1. The lowest BCUT2D eigenvalue weighted by Crippen LogP contribution is -2.53. The molecule has 25 heavy (non-hydrogen) atoms. The highest BCUT2D eigenvalue weighted by Gasteiger charge is 2.30. The molecule has 3 heterocycles. The molecular formula is C19H20N2O3S. The molecule has 0 spiro atoms. The zero-order chi connectivity index (χ0) is 17.2. The molecule has 2 aromatic heterocycles. The fraction of sp³-hybridized carbons (Fsp3) is 0.316. The molecular weight excluding hydrogens is 336 g/mol. The van der Waals surface area contributed by atoms with Crippen molar-refractivity contribution in [1.29, 1.82) is 0 Å². The van der Waals surface area contributed by atoms with Gasteiger partial charge < -0.3 is 13.9 Å². The first-order valence-corrected chi connectivity index (χ1v) is 9.12. The van der Waals surface area contributed by atoms with Crippen molar-refractivity contribution in [3.63, 3.8) is 0 Å². The van der Waals surface area contributed by atoms with Gasteiger partial charge in [0.1, 0.15) is 23.4 Å². The minimum atomic E-state index is 0.205. The molecule has 1 fully saturated rings. The number of hydrogen-bond donors (Lipinski definition) is 0. The Morgan fingerprint density at radius 3 is 2.84 bits per heavy atom. The zero-order valence-corrected chi connectivity index (χ0v) is 15.1. The Bertz CT molecular complexity index is 838. The summed E-state index contributed by atoms with van der Waals surface area (Å²) in [5.41, 5.74) is 1.00. The average molecular weight is 356 g/mol. The van der Waals surface area contributed by atoms with Crippen molar-refractivity contribution in [3.05, 3.63) is 53.2 Å². The molecule has 0 radical (unpaired) electrons. The van der Waals surface area contributed by atoms with E-state index in [1.807, 2.05) is 48.7 Å². The van der Waals surface area contributed by atoms with E-state index in [1.54, 1.807) is 18.4 Å². The van der Waals surface area contributed by atoms with Crippen LogP contribution in [0.3, 0.4) is 0 Å². The van der Waals surface area contributed by atoms with Crippen molar-refractivity contribution < 1.29 is 13.9 Å². The van der Waals surface area contributed by atoms with Crippen LogP contribution >= 0.6 is 11.3 Å². The van der Waals surface area contributed by atoms with Crippen LogP contribution in [0.4, 0.5) is 0 Å². The third kappa shape index (κ3) is 3.55. The third-order valence-electron chi connectivity index (χ3n) is 4.27. The van der Waals surface area contributed by atoms with Crippen molar-refractivity contribution in [1.82, 2.24) is 9.88 Å². The highest BCUT2D eigenvalue weighted by molar-refractivity contribution is 7.13. The quantitative estimate of drug-likeness (QED) is 0.668. The van der Waals surface area contributed by atoms with Crippen LogP contribution in [-0.2, 0) is 6.54 Å². The van der Waals surface area contributed by atoms with Gasteiger partial charge in [-0.05, 0) is 30.5 Å². The zero-order valence-electron chi connectivity index (χ0n) is 14.3. The topological polar surface area (TPSA) is 47.7 Å². The van der Waals surface area contributed by atoms with Gasteiger partial charge in [-0.3, -0.25) is 4.90 Å². The molecule has 1 saturated heterocycles. The number of benzene rings is 1. The van der Waals surface area contributed by atoms with E-state index in [4.69, 9.17) is 13.9 Å². The minimum absolute atomic E-state index is 0.205. The van der Waals surface area contributed by atoms with E-state index < -0.39 is 0 Å². The summed E-state index contributed by atoms with van der Waals surface area (Å²) in [4.78, 5) is 8.03. The maximum absolute atomic E-state index is 5.99. The molecule has 130 valence electrons. The Hall–Kier alpha value is -2.31. The van der Waals surface area contributed by atoms with Gasteiger partial charge in [0.15, 0.2) is 0 Å². The highest BCUT2D eigenvalue weighted by atomic mass is 32.1. The Labute approximate surface area is 150 Å². The van der Waals surface area contributed by atoms with Crippen molar-refractivity contribution in [2.24, 2.45) is 0 Å². The molecule has 1 aliphatic heterocycles. The second kappa shape index (κ2) is 6.90. The highest BCUT2D eigenvalue weighted by Crippen LogP contribution is 2.28. The summed E-state index contributed by atoms with van der Waals surface area (Å²) in [5, 5.41) is 2.03. The summed E-state index contributed by atoms with van der Waals surface area (Å²) in [6.07, 6.45) is 0.205. The van der Waals surface area contributed by atoms with E-state index in [2.05, 4.69) is 9.88 Å². The lowest BCUT2D eigenvalue weighted by Gasteiger charge is -2.38. The number of oxazole rings is 1. The molecule has 0 atom stereocenters. The van der Waals surface area contributed by atoms with E-state index in [-0.39, 0.29) is 6.10 Å². The van der Waals surface area contributed by atoms with Crippen molar-refractivity contribution in [2.75, 3.05) is 20.2 Å². The maximum atomic E-state index is 5.99. The third-order valence-corrected chi connectivity index (χ3v) is 5.12. The van der Waals surface area contributed by atoms with Gasteiger partial charge in [0.25, 0.3) is 0 Å². The first-order chi connectivity index (χ1) is 12.2. The fourth-order valence-electron chi connectivity index (χ4n) is 2.89. The number of aryl methyl sites for hydroxylation is 1. The molecule has 1 aliphatic rings. The van der Waals surface area contributed by atoms with Crippen molar-refractivity contribution >= 4 is 11.3 Å². The number of thiophene rings is 1. The van der Waals surface area contributed by atoms with Gasteiger partial charge in [0.2, 0.25) is 5.89 Å². The maximum Gasteiger partial charge on any atom is 0.236 e.